The van der Waals surface area contributed by atoms with E-state index in [2.05, 4.69) is 0 Å². The van der Waals surface area contributed by atoms with Gasteiger partial charge in [0.2, 0.25) is 0 Å². The summed E-state index contributed by atoms with van der Waals surface area (Å²) >= 11 is 0. The van der Waals surface area contributed by atoms with Crippen LogP contribution in [-0.4, -0.2) is 38.1 Å². The second-order valence-electron chi connectivity index (χ2n) is 6.76. The van der Waals surface area contributed by atoms with Crippen LogP contribution >= 0.6 is 0 Å². The molecule has 0 heterocycles. The Morgan fingerprint density at radius 3 is 0.949 bits per heavy atom. The van der Waals surface area contributed by atoms with Crippen LogP contribution in [0.4, 0.5) is 26.3 Å². The predicted octanol–water partition coefficient (Wildman–Crippen LogP) is 6.18. The molecule has 0 atom stereocenters. The van der Waals surface area contributed by atoms with Gasteiger partial charge in [-0.2, -0.15) is 62.7 Å². The Hall–Kier alpha value is -2.90. The molecule has 4 aromatic rings. The maximum absolute atomic E-state index is 12.0. The summed E-state index contributed by atoms with van der Waals surface area (Å²) < 4.78 is 115. The second kappa shape index (κ2) is 15.6. The van der Waals surface area contributed by atoms with Crippen LogP contribution in [-0.2, 0) is 45.9 Å². The maximum atomic E-state index is 12.0. The molecule has 0 saturated heterocycles. The molecule has 4 aromatic carbocycles. The third kappa shape index (κ3) is 11.0. The summed E-state index contributed by atoms with van der Waals surface area (Å²) in [6.45, 7) is 0. The Labute approximate surface area is 239 Å². The molecule has 15 heteroatoms. The van der Waals surface area contributed by atoms with Crippen molar-refractivity contribution in [1.82, 2.24) is 0 Å². The van der Waals surface area contributed by atoms with E-state index < -0.39 is 52.0 Å². The van der Waals surface area contributed by atoms with Crippen molar-refractivity contribution >= 4 is 19.7 Å². The number of phenolic OH excluding ortho intramolecular Hbond substituents is 2. The van der Waals surface area contributed by atoms with Gasteiger partial charge in [-0.3, -0.25) is 0 Å². The largest absolute Gasteiger partial charge is 2.00 e. The van der Waals surface area contributed by atoms with Crippen molar-refractivity contribution in [2.24, 2.45) is 0 Å². The zero-order valence-corrected chi connectivity index (χ0v) is 23.6. The first kappa shape index (κ1) is 36.1. The molecular weight excluding hydrogens is 654 g/mol. The minimum Gasteiger partial charge on any atom is -0.507 e. The summed E-state index contributed by atoms with van der Waals surface area (Å²) in [5.74, 6) is -1.82. The zero-order valence-electron chi connectivity index (χ0n) is 19.5. The summed E-state index contributed by atoms with van der Waals surface area (Å²) in [5.41, 5.74) is -10.8. The number of alkyl halides is 6. The number of para-hydroxylation sites is 2. The van der Waals surface area contributed by atoms with Gasteiger partial charge in [0, 0.05) is 0 Å². The first-order chi connectivity index (χ1) is 17.5. The number of hydrogen-bond acceptors (Lipinski definition) is 6. The molecule has 6 nitrogen and oxygen atoms in total. The van der Waals surface area contributed by atoms with E-state index in [0.29, 0.717) is 12.1 Å². The van der Waals surface area contributed by atoms with Gasteiger partial charge in [-0.15, -0.1) is 0 Å². The van der Waals surface area contributed by atoms with Crippen LogP contribution in [0.3, 0.4) is 0 Å². The van der Waals surface area contributed by atoms with Crippen molar-refractivity contribution < 1.29 is 79.6 Å². The first-order valence-corrected chi connectivity index (χ1v) is 13.0. The first-order valence-electron chi connectivity index (χ1n) is 10.1. The van der Waals surface area contributed by atoms with E-state index in [9.17, 15) is 43.2 Å². The molecule has 0 spiro atoms. The molecule has 0 radical (unpaired) electrons. The average molecular weight is 674 g/mol. The number of sulfone groups is 2. The zero-order chi connectivity index (χ0) is 29.0. The van der Waals surface area contributed by atoms with Gasteiger partial charge in [-0.25, -0.2) is 41.1 Å². The summed E-state index contributed by atoms with van der Waals surface area (Å²) in [5, 5.41) is 17.9. The van der Waals surface area contributed by atoms with Crippen LogP contribution in [0.15, 0.2) is 119 Å². The standard InChI is InChI=1S/2C7H5F3O3S.2C5H5.Zr/c2*8-7(9,10)14(12,13)6-4-2-1-3-5(6)11;2*1-2-4-5-3-1;/h2*1-4,11H;2*1-5H;/q;;2*-1;+2. The van der Waals surface area contributed by atoms with Crippen molar-refractivity contribution in [3.63, 3.8) is 0 Å². The van der Waals surface area contributed by atoms with Crippen molar-refractivity contribution in [2.45, 2.75) is 20.8 Å². The number of phenols is 2. The average Bonchev–Trinajstić information content (AvgIpc) is 3.57. The van der Waals surface area contributed by atoms with Crippen LogP contribution in [0.5, 0.6) is 11.5 Å². The van der Waals surface area contributed by atoms with E-state index in [4.69, 9.17) is 10.2 Å². The van der Waals surface area contributed by atoms with Gasteiger partial charge in [-0.1, -0.05) is 24.3 Å². The molecule has 210 valence electrons. The van der Waals surface area contributed by atoms with Gasteiger partial charge in [0.25, 0.3) is 19.7 Å². The Bertz CT molecular complexity index is 1290. The fourth-order valence-corrected chi connectivity index (χ4v) is 3.96. The van der Waals surface area contributed by atoms with Crippen molar-refractivity contribution in [1.29, 1.82) is 0 Å². The molecule has 4 rings (SSSR count). The van der Waals surface area contributed by atoms with E-state index in [0.717, 1.165) is 24.3 Å². The summed E-state index contributed by atoms with van der Waals surface area (Å²) in [6, 6.07) is 27.8. The predicted molar refractivity (Wildman–Crippen MR) is 127 cm³/mol. The molecule has 0 amide bonds. The molecule has 0 saturated carbocycles. The van der Waals surface area contributed by atoms with E-state index in [-0.39, 0.29) is 26.2 Å². The third-order valence-corrected chi connectivity index (χ3v) is 7.10. The van der Waals surface area contributed by atoms with Gasteiger partial charge in [0.15, 0.2) is 0 Å². The van der Waals surface area contributed by atoms with E-state index in [1.807, 2.05) is 60.7 Å². The van der Waals surface area contributed by atoms with E-state index in [1.165, 1.54) is 12.1 Å². The monoisotopic (exact) mass is 672 g/mol. The number of aromatic hydroxyl groups is 2. The van der Waals surface area contributed by atoms with Crippen LogP contribution < -0.4 is 0 Å². The van der Waals surface area contributed by atoms with Crippen molar-refractivity contribution in [3.05, 3.63) is 109 Å². The van der Waals surface area contributed by atoms with Gasteiger partial charge >= 0.3 is 37.2 Å². The van der Waals surface area contributed by atoms with Crippen LogP contribution in [0, 0.1) is 0 Å². The number of benzene rings is 2. The quantitative estimate of drug-likeness (QED) is 0.194. The summed E-state index contributed by atoms with van der Waals surface area (Å²) in [7, 11) is -10.9. The van der Waals surface area contributed by atoms with Crippen molar-refractivity contribution in [3.8, 4) is 11.5 Å². The fraction of sp³-hybridized carbons (Fsp3) is 0.0833. The van der Waals surface area contributed by atoms with Gasteiger partial charge in [0.05, 0.1) is 0 Å². The minimum absolute atomic E-state index is 0. The number of halogens is 6. The molecule has 0 aliphatic carbocycles. The normalized spacial score (nSPS) is 11.2. The van der Waals surface area contributed by atoms with Crippen molar-refractivity contribution in [2.75, 3.05) is 0 Å². The molecule has 39 heavy (non-hydrogen) atoms. The topological polar surface area (TPSA) is 109 Å². The molecule has 0 unspecified atom stereocenters. The molecule has 0 aliphatic heterocycles. The molecule has 0 aromatic heterocycles. The third-order valence-electron chi connectivity index (χ3n) is 4.03. The van der Waals surface area contributed by atoms with Gasteiger partial charge < -0.3 is 10.2 Å². The Morgan fingerprint density at radius 1 is 0.513 bits per heavy atom. The van der Waals surface area contributed by atoms with Crippen LogP contribution in [0.25, 0.3) is 0 Å². The molecule has 0 bridgehead atoms. The van der Waals surface area contributed by atoms with Crippen LogP contribution in [0.2, 0.25) is 0 Å². The maximum Gasteiger partial charge on any atom is 2.00 e. The second-order valence-corrected chi connectivity index (χ2v) is 10.6. The Kier molecular flexibility index (Phi) is 14.5. The molecule has 0 aliphatic rings. The van der Waals surface area contributed by atoms with E-state index >= 15 is 0 Å². The van der Waals surface area contributed by atoms with Gasteiger partial charge in [0.1, 0.15) is 21.3 Å². The smallest absolute Gasteiger partial charge is 0.507 e. The molecule has 0 fully saturated rings. The molecular formula is C24H20F6O6S2Zr. The minimum atomic E-state index is -5.46. The Balaban J connectivity index is 0.000000537. The summed E-state index contributed by atoms with van der Waals surface area (Å²) in [4.78, 5) is -2.26. The fourth-order valence-electron chi connectivity index (χ4n) is 2.26. The number of hydrogen-bond donors (Lipinski definition) is 2. The SMILES string of the molecule is O=S(=O)(c1ccccc1O)C(F)(F)F.O=S(=O)(c1ccccc1O)C(F)(F)F.[Zr+2].c1cc[cH-]c1.c1cc[cH-]c1. The summed E-state index contributed by atoms with van der Waals surface area (Å²) in [6.07, 6.45) is 0. The van der Waals surface area contributed by atoms with Gasteiger partial charge in [-0.05, 0) is 24.3 Å². The van der Waals surface area contributed by atoms with E-state index in [1.54, 1.807) is 0 Å². The molecule has 2 N–H and O–H groups in total. The van der Waals surface area contributed by atoms with Crippen LogP contribution in [0.1, 0.15) is 0 Å². The number of rotatable bonds is 2. The Morgan fingerprint density at radius 2 is 0.769 bits per heavy atom.